The molecule has 40 heavy (non-hydrogen) atoms. The number of nitrogens with zero attached hydrogens (tertiary/aromatic N) is 4. The van der Waals surface area contributed by atoms with E-state index in [4.69, 9.17) is 20.7 Å². The van der Waals surface area contributed by atoms with E-state index < -0.39 is 0 Å². The van der Waals surface area contributed by atoms with Gasteiger partial charge in [-0.15, -0.1) is 0 Å². The monoisotopic (exact) mass is 525 g/mol. The first kappa shape index (κ1) is 24.3. The summed E-state index contributed by atoms with van der Waals surface area (Å²) in [7, 11) is 0. The number of rotatable bonds is 3. The minimum absolute atomic E-state index is 0.211. The van der Waals surface area contributed by atoms with Gasteiger partial charge in [-0.3, -0.25) is 9.55 Å². The van der Waals surface area contributed by atoms with Gasteiger partial charge in [0.25, 0.3) is 0 Å². The predicted molar refractivity (Wildman–Crippen MR) is 162 cm³/mol. The van der Waals surface area contributed by atoms with Crippen molar-refractivity contribution in [1.82, 2.24) is 24.5 Å². The Morgan fingerprint density at radius 2 is 1.73 bits per heavy atom. The zero-order valence-electron chi connectivity index (χ0n) is 22.6. The number of hydrogen-bond donors (Lipinski definition) is 3. The fourth-order valence-electron chi connectivity index (χ4n) is 5.76. The lowest BCUT2D eigenvalue weighted by molar-refractivity contribution is 0.253. The van der Waals surface area contributed by atoms with Crippen LogP contribution in [0.1, 0.15) is 38.7 Å². The summed E-state index contributed by atoms with van der Waals surface area (Å²) >= 11 is 0. The number of para-hydroxylation sites is 1. The van der Waals surface area contributed by atoms with Crippen molar-refractivity contribution in [2.24, 2.45) is 5.73 Å². The summed E-state index contributed by atoms with van der Waals surface area (Å²) < 4.78 is 2.23. The fraction of sp³-hybridized carbons (Fsp3) is 0.182. The van der Waals surface area contributed by atoms with E-state index in [1.165, 1.54) is 12.0 Å². The Hall–Kier alpha value is -4.75. The van der Waals surface area contributed by atoms with Crippen LogP contribution in [0.15, 0.2) is 91.4 Å². The molecule has 4 N–H and O–H groups in total. The summed E-state index contributed by atoms with van der Waals surface area (Å²) in [5.41, 5.74) is 16.3. The Kier molecular flexibility index (Phi) is 5.75. The van der Waals surface area contributed by atoms with Crippen LogP contribution in [0.5, 0.6) is 0 Å². The molecular formula is C33H31N7. The van der Waals surface area contributed by atoms with E-state index in [2.05, 4.69) is 63.4 Å². The van der Waals surface area contributed by atoms with E-state index in [0.29, 0.717) is 0 Å². The predicted octanol–water partition coefficient (Wildman–Crippen LogP) is 7.57. The first-order valence-corrected chi connectivity index (χ1v) is 14.0. The van der Waals surface area contributed by atoms with E-state index in [-0.39, 0.29) is 5.54 Å². The number of pyridine rings is 2. The number of H-pyrrole nitrogens is 1. The Bertz CT molecular complexity index is 1840. The minimum atomic E-state index is -0.211. The summed E-state index contributed by atoms with van der Waals surface area (Å²) in [5, 5.41) is 3.53. The molecule has 6 aromatic rings. The smallest absolute Gasteiger partial charge is 0.154 e. The first-order chi connectivity index (χ1) is 19.7. The second-order valence-electron chi connectivity index (χ2n) is 10.2. The second-order valence-corrected chi connectivity index (χ2v) is 10.2. The quantitative estimate of drug-likeness (QED) is 0.221. The number of fused-ring (bicyclic) bond motifs is 6. The molecule has 2 aromatic carbocycles. The van der Waals surface area contributed by atoms with Crippen LogP contribution in [0.25, 0.3) is 50.6 Å². The summed E-state index contributed by atoms with van der Waals surface area (Å²) in [6.45, 7) is 4.00. The van der Waals surface area contributed by atoms with Crippen LogP contribution in [0.3, 0.4) is 0 Å². The zero-order chi connectivity index (χ0) is 27.3. The number of nitrogens with two attached hydrogens (primary N) is 1. The lowest BCUT2D eigenvalue weighted by atomic mass is 9.72. The Balaban J connectivity index is 0.00000130. The molecule has 0 unspecified atom stereocenters. The molecule has 0 saturated heterocycles. The van der Waals surface area contributed by atoms with Crippen molar-refractivity contribution in [2.75, 3.05) is 5.32 Å². The Morgan fingerprint density at radius 1 is 0.900 bits per heavy atom. The van der Waals surface area contributed by atoms with Crippen LogP contribution in [0.4, 0.5) is 11.5 Å². The number of nitrogens with one attached hydrogen (secondary N) is 2. The van der Waals surface area contributed by atoms with E-state index in [0.717, 1.165) is 75.0 Å². The first-order valence-electron chi connectivity index (χ1n) is 14.0. The van der Waals surface area contributed by atoms with Crippen molar-refractivity contribution < 1.29 is 0 Å². The van der Waals surface area contributed by atoms with Crippen molar-refractivity contribution in [3.63, 3.8) is 0 Å². The summed E-state index contributed by atoms with van der Waals surface area (Å²) in [5.74, 6) is 1.64. The van der Waals surface area contributed by atoms with Crippen molar-refractivity contribution in [3.05, 3.63) is 97.0 Å². The van der Waals surface area contributed by atoms with Gasteiger partial charge in [-0.05, 0) is 61.2 Å². The third-order valence-corrected chi connectivity index (χ3v) is 7.98. The normalized spacial score (nSPS) is 14.5. The molecule has 0 radical (unpaired) electrons. The van der Waals surface area contributed by atoms with Gasteiger partial charge in [-0.2, -0.15) is 0 Å². The number of anilines is 2. The number of hydrogen-bond acceptors (Lipinski definition) is 5. The highest BCUT2D eigenvalue weighted by atomic mass is 15.2. The lowest BCUT2D eigenvalue weighted by Gasteiger charge is -2.38. The van der Waals surface area contributed by atoms with Gasteiger partial charge < -0.3 is 16.0 Å². The van der Waals surface area contributed by atoms with Crippen LogP contribution >= 0.6 is 0 Å². The van der Waals surface area contributed by atoms with Crippen LogP contribution in [-0.4, -0.2) is 24.5 Å². The highest BCUT2D eigenvalue weighted by Crippen LogP contribution is 2.45. The lowest BCUT2D eigenvalue weighted by Crippen LogP contribution is -2.43. The number of aromatic amines is 1. The summed E-state index contributed by atoms with van der Waals surface area (Å²) in [6.07, 6.45) is 8.88. The third kappa shape index (κ3) is 3.73. The number of aromatic nitrogens is 5. The van der Waals surface area contributed by atoms with Gasteiger partial charge in [0.2, 0.25) is 0 Å². The molecule has 7 heteroatoms. The Morgan fingerprint density at radius 3 is 2.52 bits per heavy atom. The molecule has 1 aliphatic heterocycles. The molecule has 4 aromatic heterocycles. The number of imidazole rings is 1. The molecule has 198 valence electrons. The maximum atomic E-state index is 6.66. The van der Waals surface area contributed by atoms with Crippen molar-refractivity contribution in [3.8, 4) is 39.6 Å². The maximum Gasteiger partial charge on any atom is 0.154 e. The molecule has 7 nitrogen and oxygen atoms in total. The summed E-state index contributed by atoms with van der Waals surface area (Å²) in [6, 6.07) is 25.1. The molecule has 2 aliphatic rings. The van der Waals surface area contributed by atoms with Crippen molar-refractivity contribution in [2.45, 2.75) is 38.6 Å². The second kappa shape index (κ2) is 9.47. The molecular weight excluding hydrogens is 494 g/mol. The number of benzene rings is 2. The molecule has 0 spiro atoms. The van der Waals surface area contributed by atoms with Crippen LogP contribution < -0.4 is 11.1 Å². The fourth-order valence-corrected chi connectivity index (χ4v) is 5.76. The largest absolute Gasteiger partial charge is 0.360 e. The van der Waals surface area contributed by atoms with Gasteiger partial charge in [0, 0.05) is 40.8 Å². The average molecular weight is 526 g/mol. The SMILES string of the molecule is CC.NC1(c2ccc(-c3c(-c4cnc5cc[nH]c5c4)nc4n3-c3cccnc3Nc3ccccc3-4)cc2)CCC1. The van der Waals surface area contributed by atoms with Crippen LogP contribution in [-0.2, 0) is 5.54 Å². The Labute approximate surface area is 233 Å². The molecule has 1 saturated carbocycles. The third-order valence-electron chi connectivity index (χ3n) is 7.98. The van der Waals surface area contributed by atoms with Gasteiger partial charge >= 0.3 is 0 Å². The molecule has 0 amide bonds. The molecule has 0 bridgehead atoms. The van der Waals surface area contributed by atoms with E-state index in [1.54, 1.807) is 0 Å². The highest BCUT2D eigenvalue weighted by Gasteiger charge is 2.34. The topological polar surface area (TPSA) is 97.4 Å². The van der Waals surface area contributed by atoms with Crippen LogP contribution in [0, 0.1) is 0 Å². The molecule has 5 heterocycles. The standard InChI is InChI=1S/C31H25N7.C2H6/c32-31(13-4-14-31)21-10-8-19(9-11-21)28-27(20-17-25-24(35-18-20)12-16-33-25)37-30-22-5-1-2-6-23(22)36-29-26(38(28)30)7-3-15-34-29;1-2/h1-3,5-12,15-18,33H,4,13-14,32H2,(H,34,36);1-2H3. The van der Waals surface area contributed by atoms with Crippen LogP contribution in [0.2, 0.25) is 0 Å². The maximum absolute atomic E-state index is 6.66. The van der Waals surface area contributed by atoms with Crippen molar-refractivity contribution >= 4 is 22.5 Å². The zero-order valence-corrected chi connectivity index (χ0v) is 22.6. The van der Waals surface area contributed by atoms with Gasteiger partial charge in [0.1, 0.15) is 5.82 Å². The minimum Gasteiger partial charge on any atom is -0.360 e. The van der Waals surface area contributed by atoms with Gasteiger partial charge in [-0.1, -0.05) is 50.2 Å². The average Bonchev–Trinajstić information content (AvgIpc) is 3.59. The van der Waals surface area contributed by atoms with Crippen molar-refractivity contribution in [1.29, 1.82) is 0 Å². The highest BCUT2D eigenvalue weighted by molar-refractivity contribution is 5.92. The molecule has 0 atom stereocenters. The van der Waals surface area contributed by atoms with E-state index >= 15 is 0 Å². The molecule has 1 fully saturated rings. The summed E-state index contributed by atoms with van der Waals surface area (Å²) in [4.78, 5) is 18.0. The van der Waals surface area contributed by atoms with Gasteiger partial charge in [0.05, 0.1) is 33.8 Å². The van der Waals surface area contributed by atoms with E-state index in [1.807, 2.05) is 56.7 Å². The van der Waals surface area contributed by atoms with E-state index in [9.17, 15) is 0 Å². The molecule has 8 rings (SSSR count). The van der Waals surface area contributed by atoms with Gasteiger partial charge in [0.15, 0.2) is 5.82 Å². The van der Waals surface area contributed by atoms with Gasteiger partial charge in [-0.25, -0.2) is 9.97 Å². The molecule has 1 aliphatic carbocycles.